The minimum Gasteiger partial charge on any atom is -0.486 e. The number of anilines is 1. The number of halogens is 3. The summed E-state index contributed by atoms with van der Waals surface area (Å²) in [7, 11) is 0. The van der Waals surface area contributed by atoms with Crippen molar-refractivity contribution in [1.29, 1.82) is 0 Å². The van der Waals surface area contributed by atoms with E-state index in [2.05, 4.69) is 15.5 Å². The first-order chi connectivity index (χ1) is 14.0. The van der Waals surface area contributed by atoms with Gasteiger partial charge in [0.05, 0.1) is 11.4 Å². The third-order valence-electron chi connectivity index (χ3n) is 3.83. The van der Waals surface area contributed by atoms with E-state index in [-0.39, 0.29) is 23.9 Å². The number of ether oxygens (including phenoxy) is 1. The molecule has 29 heavy (non-hydrogen) atoms. The topological polar surface area (TPSA) is 69.0 Å². The van der Waals surface area contributed by atoms with E-state index >= 15 is 0 Å². The van der Waals surface area contributed by atoms with Crippen molar-refractivity contribution in [2.45, 2.75) is 25.2 Å². The van der Waals surface area contributed by atoms with Crippen molar-refractivity contribution in [3.8, 4) is 5.75 Å². The average molecular weight is 422 g/mol. The molecule has 1 aromatic heterocycles. The van der Waals surface area contributed by atoms with Crippen molar-refractivity contribution in [1.82, 2.24) is 14.8 Å². The van der Waals surface area contributed by atoms with Gasteiger partial charge < -0.3 is 14.6 Å². The number of rotatable bonds is 8. The molecule has 0 bridgehead atoms. The Labute approximate surface area is 169 Å². The summed E-state index contributed by atoms with van der Waals surface area (Å²) in [4.78, 5) is 12.1. The van der Waals surface area contributed by atoms with Crippen LogP contribution in [0.3, 0.4) is 0 Å². The van der Waals surface area contributed by atoms with Gasteiger partial charge in [0.2, 0.25) is 5.91 Å². The fourth-order valence-electron chi connectivity index (χ4n) is 2.44. The maximum absolute atomic E-state index is 13.6. The third kappa shape index (κ3) is 5.50. The largest absolute Gasteiger partial charge is 0.486 e. The van der Waals surface area contributed by atoms with E-state index in [1.54, 1.807) is 4.57 Å². The van der Waals surface area contributed by atoms with Gasteiger partial charge in [-0.05, 0) is 43.3 Å². The quantitative estimate of drug-likeness (QED) is 0.555. The van der Waals surface area contributed by atoms with Crippen LogP contribution in [0.15, 0.2) is 47.6 Å². The van der Waals surface area contributed by atoms with E-state index in [1.165, 1.54) is 24.3 Å². The Morgan fingerprint density at radius 2 is 1.83 bits per heavy atom. The minimum atomic E-state index is -0.847. The van der Waals surface area contributed by atoms with Gasteiger partial charge in [-0.15, -0.1) is 10.2 Å². The van der Waals surface area contributed by atoms with Crippen LogP contribution in [0.4, 0.5) is 18.9 Å². The molecule has 1 N–H and O–H groups in total. The molecule has 0 spiro atoms. The monoisotopic (exact) mass is 422 g/mol. The minimum absolute atomic E-state index is 0.0340. The van der Waals surface area contributed by atoms with Crippen molar-refractivity contribution in [3.05, 3.63) is 65.7 Å². The smallest absolute Gasteiger partial charge is 0.234 e. The molecule has 6 nitrogen and oxygen atoms in total. The molecule has 1 heterocycles. The molecule has 0 aliphatic carbocycles. The number of hydrogen-bond donors (Lipinski definition) is 1. The molecule has 0 aliphatic rings. The van der Waals surface area contributed by atoms with E-state index in [0.717, 1.165) is 23.9 Å². The van der Waals surface area contributed by atoms with Crippen LogP contribution in [0.2, 0.25) is 0 Å². The molecule has 0 saturated carbocycles. The van der Waals surface area contributed by atoms with Crippen LogP contribution in [-0.2, 0) is 17.9 Å². The molecule has 0 atom stereocenters. The zero-order chi connectivity index (χ0) is 20.8. The Kier molecular flexibility index (Phi) is 6.76. The van der Waals surface area contributed by atoms with Gasteiger partial charge in [-0.3, -0.25) is 4.79 Å². The van der Waals surface area contributed by atoms with E-state index in [1.807, 2.05) is 6.92 Å². The Morgan fingerprint density at radius 3 is 2.52 bits per heavy atom. The fourth-order valence-corrected chi connectivity index (χ4v) is 3.26. The zero-order valence-corrected chi connectivity index (χ0v) is 16.2. The van der Waals surface area contributed by atoms with Crippen LogP contribution in [0, 0.1) is 17.5 Å². The van der Waals surface area contributed by atoms with Crippen LogP contribution in [0.5, 0.6) is 5.75 Å². The van der Waals surface area contributed by atoms with Gasteiger partial charge in [0.25, 0.3) is 0 Å². The van der Waals surface area contributed by atoms with Crippen molar-refractivity contribution in [2.24, 2.45) is 0 Å². The zero-order valence-electron chi connectivity index (χ0n) is 15.4. The molecule has 0 unspecified atom stereocenters. The molecule has 0 fully saturated rings. The highest BCUT2D eigenvalue weighted by atomic mass is 32.2. The van der Waals surface area contributed by atoms with Crippen LogP contribution in [0.25, 0.3) is 0 Å². The summed E-state index contributed by atoms with van der Waals surface area (Å²) in [6, 6.07) is 8.53. The van der Waals surface area contributed by atoms with Crippen LogP contribution in [0.1, 0.15) is 12.7 Å². The fraction of sp³-hybridized carbons (Fsp3) is 0.211. The Bertz CT molecular complexity index is 996. The number of aromatic nitrogens is 3. The normalized spacial score (nSPS) is 10.8. The number of nitrogens with one attached hydrogen (secondary N) is 1. The average Bonchev–Trinajstić information content (AvgIpc) is 3.10. The van der Waals surface area contributed by atoms with E-state index < -0.39 is 17.5 Å². The van der Waals surface area contributed by atoms with E-state index in [0.29, 0.717) is 29.3 Å². The lowest BCUT2D eigenvalue weighted by Gasteiger charge is -2.09. The predicted octanol–water partition coefficient (Wildman–Crippen LogP) is 4.03. The number of amides is 1. The lowest BCUT2D eigenvalue weighted by molar-refractivity contribution is -0.113. The van der Waals surface area contributed by atoms with Crippen molar-refractivity contribution in [2.75, 3.05) is 11.1 Å². The Morgan fingerprint density at radius 1 is 1.10 bits per heavy atom. The summed E-state index contributed by atoms with van der Waals surface area (Å²) in [5, 5.41) is 11.0. The number of carbonyl (C=O) groups is 1. The molecule has 0 radical (unpaired) electrons. The molecule has 0 saturated heterocycles. The molecule has 1 amide bonds. The summed E-state index contributed by atoms with van der Waals surface area (Å²) in [5.41, 5.74) is -0.0951. The van der Waals surface area contributed by atoms with E-state index in [4.69, 9.17) is 4.74 Å². The number of benzene rings is 2. The lowest BCUT2D eigenvalue weighted by atomic mass is 10.3. The number of thioether (sulfide) groups is 1. The Balaban J connectivity index is 1.58. The molecular weight excluding hydrogens is 405 g/mol. The lowest BCUT2D eigenvalue weighted by Crippen LogP contribution is -2.16. The molecule has 0 aliphatic heterocycles. The first kappa shape index (κ1) is 20.7. The summed E-state index contributed by atoms with van der Waals surface area (Å²) >= 11 is 1.13. The second-order valence-electron chi connectivity index (χ2n) is 5.85. The van der Waals surface area contributed by atoms with Crippen molar-refractivity contribution < 1.29 is 22.7 Å². The standard InChI is InChI=1S/C19H17F3N4O2S/c1-2-26-17(10-28-14-6-3-12(20)4-7-14)24-25-19(26)29-11-18(27)23-16-8-5-13(21)9-15(16)22/h3-9H,2,10-11H2,1H3,(H,23,27). The van der Waals surface area contributed by atoms with Crippen molar-refractivity contribution in [3.63, 3.8) is 0 Å². The summed E-state index contributed by atoms with van der Waals surface area (Å²) in [6.45, 7) is 2.56. The summed E-state index contributed by atoms with van der Waals surface area (Å²) in [6.07, 6.45) is 0. The first-order valence-corrected chi connectivity index (χ1v) is 9.63. The van der Waals surface area contributed by atoms with Gasteiger partial charge >= 0.3 is 0 Å². The molecular formula is C19H17F3N4O2S. The second kappa shape index (κ2) is 9.46. The van der Waals surface area contributed by atoms with Crippen LogP contribution < -0.4 is 10.1 Å². The summed E-state index contributed by atoms with van der Waals surface area (Å²) in [5.74, 6) is -1.38. The molecule has 10 heteroatoms. The summed E-state index contributed by atoms with van der Waals surface area (Å²) < 4.78 is 46.8. The Hall–Kier alpha value is -3.01. The van der Waals surface area contributed by atoms with Crippen LogP contribution >= 0.6 is 11.8 Å². The number of nitrogens with zero attached hydrogens (tertiary/aromatic N) is 3. The molecule has 3 rings (SSSR count). The highest BCUT2D eigenvalue weighted by molar-refractivity contribution is 7.99. The van der Waals surface area contributed by atoms with Gasteiger partial charge in [-0.25, -0.2) is 13.2 Å². The van der Waals surface area contributed by atoms with Gasteiger partial charge in [0.1, 0.15) is 29.8 Å². The van der Waals surface area contributed by atoms with E-state index in [9.17, 15) is 18.0 Å². The third-order valence-corrected chi connectivity index (χ3v) is 4.80. The second-order valence-corrected chi connectivity index (χ2v) is 6.79. The van der Waals surface area contributed by atoms with Gasteiger partial charge in [-0.2, -0.15) is 0 Å². The van der Waals surface area contributed by atoms with Crippen molar-refractivity contribution >= 4 is 23.4 Å². The van der Waals surface area contributed by atoms with Gasteiger partial charge in [-0.1, -0.05) is 11.8 Å². The SMILES string of the molecule is CCn1c(COc2ccc(F)cc2)nnc1SCC(=O)Nc1ccc(F)cc1F. The molecule has 2 aromatic carbocycles. The van der Waals surface area contributed by atoms with Crippen LogP contribution in [-0.4, -0.2) is 26.4 Å². The number of hydrogen-bond acceptors (Lipinski definition) is 5. The maximum atomic E-state index is 13.6. The first-order valence-electron chi connectivity index (χ1n) is 8.64. The predicted molar refractivity (Wildman–Crippen MR) is 102 cm³/mol. The highest BCUT2D eigenvalue weighted by Crippen LogP contribution is 2.20. The van der Waals surface area contributed by atoms with Gasteiger partial charge in [0, 0.05) is 12.6 Å². The number of carbonyl (C=O) groups excluding carboxylic acids is 1. The molecule has 152 valence electrons. The maximum Gasteiger partial charge on any atom is 0.234 e. The van der Waals surface area contributed by atoms with Gasteiger partial charge in [0.15, 0.2) is 11.0 Å². The highest BCUT2D eigenvalue weighted by Gasteiger charge is 2.15. The molecule has 3 aromatic rings.